The lowest BCUT2D eigenvalue weighted by Crippen LogP contribution is -2.29. The molecule has 1 atom stereocenters. The summed E-state index contributed by atoms with van der Waals surface area (Å²) in [6.07, 6.45) is 13.8. The second-order valence-corrected chi connectivity index (χ2v) is 5.67. The number of hydrogen-bond acceptors (Lipinski definition) is 1. The third kappa shape index (κ3) is 5.01. The van der Waals surface area contributed by atoms with E-state index in [-0.39, 0.29) is 0 Å². The zero-order valence-electron chi connectivity index (χ0n) is 10.7. The molecule has 0 radical (unpaired) electrons. The van der Waals surface area contributed by atoms with Gasteiger partial charge >= 0.3 is 0 Å². The number of unbranched alkanes of at least 4 members (excludes halogenated alkanes) is 6. The Hall–Kier alpha value is -0.0400. The fourth-order valence-electron chi connectivity index (χ4n) is 2.24. The van der Waals surface area contributed by atoms with E-state index in [1.165, 1.54) is 64.2 Å². The van der Waals surface area contributed by atoms with E-state index in [0.29, 0.717) is 11.5 Å². The van der Waals surface area contributed by atoms with Crippen LogP contribution in [0.25, 0.3) is 0 Å². The molecule has 0 aliphatic heterocycles. The first-order valence-corrected chi connectivity index (χ1v) is 6.94. The monoisotopic (exact) mass is 211 g/mol. The van der Waals surface area contributed by atoms with Crippen molar-refractivity contribution < 1.29 is 0 Å². The molecule has 1 aliphatic rings. The summed E-state index contributed by atoms with van der Waals surface area (Å²) in [4.78, 5) is 0. The zero-order valence-corrected chi connectivity index (χ0v) is 10.7. The van der Waals surface area contributed by atoms with E-state index in [1.54, 1.807) is 0 Å². The van der Waals surface area contributed by atoms with Crippen LogP contribution in [0.2, 0.25) is 0 Å². The molecule has 0 bridgehead atoms. The van der Waals surface area contributed by atoms with E-state index in [9.17, 15) is 0 Å². The lowest BCUT2D eigenvalue weighted by molar-refractivity contribution is 0.395. The summed E-state index contributed by atoms with van der Waals surface area (Å²) in [5.74, 6) is 0. The summed E-state index contributed by atoms with van der Waals surface area (Å²) < 4.78 is 0. The highest BCUT2D eigenvalue weighted by Gasteiger charge is 2.42. The van der Waals surface area contributed by atoms with Crippen molar-refractivity contribution in [2.24, 2.45) is 11.1 Å². The van der Waals surface area contributed by atoms with Crippen LogP contribution in [0.3, 0.4) is 0 Å². The molecule has 15 heavy (non-hydrogen) atoms. The van der Waals surface area contributed by atoms with Crippen LogP contribution in [0.15, 0.2) is 0 Å². The Morgan fingerprint density at radius 1 is 1.00 bits per heavy atom. The highest BCUT2D eigenvalue weighted by molar-refractivity contribution is 4.96. The molecule has 0 spiro atoms. The maximum Gasteiger partial charge on any atom is 0.00929 e. The van der Waals surface area contributed by atoms with Crippen molar-refractivity contribution >= 4 is 0 Å². The maximum atomic E-state index is 6.18. The summed E-state index contributed by atoms with van der Waals surface area (Å²) in [5, 5.41) is 0. The normalized spacial score (nSPS) is 20.2. The van der Waals surface area contributed by atoms with Crippen molar-refractivity contribution in [2.45, 2.75) is 84.1 Å². The SMILES string of the molecule is CCCCCCCCCC(N)C1(C)CC1. The Labute approximate surface area is 95.8 Å². The van der Waals surface area contributed by atoms with Gasteiger partial charge in [-0.25, -0.2) is 0 Å². The van der Waals surface area contributed by atoms with Crippen LogP contribution in [-0.4, -0.2) is 6.04 Å². The van der Waals surface area contributed by atoms with Crippen LogP contribution >= 0.6 is 0 Å². The minimum absolute atomic E-state index is 0.480. The van der Waals surface area contributed by atoms with Gasteiger partial charge in [0.15, 0.2) is 0 Å². The molecule has 0 aromatic heterocycles. The molecule has 1 heteroatoms. The fraction of sp³-hybridized carbons (Fsp3) is 1.00. The molecular weight excluding hydrogens is 182 g/mol. The van der Waals surface area contributed by atoms with Gasteiger partial charge in [0.05, 0.1) is 0 Å². The first kappa shape index (κ1) is 13.0. The molecule has 2 N–H and O–H groups in total. The molecule has 1 nitrogen and oxygen atoms in total. The summed E-state index contributed by atoms with van der Waals surface area (Å²) in [6, 6.07) is 0.480. The van der Waals surface area contributed by atoms with Crippen LogP contribution in [0, 0.1) is 5.41 Å². The molecule has 0 heterocycles. The number of nitrogens with two attached hydrogens (primary N) is 1. The Kier molecular flexibility index (Phi) is 5.66. The maximum absolute atomic E-state index is 6.18. The average Bonchev–Trinajstić information content (AvgIpc) is 2.96. The zero-order chi connectivity index (χ0) is 11.1. The minimum atomic E-state index is 0.480. The summed E-state index contributed by atoms with van der Waals surface area (Å²) >= 11 is 0. The van der Waals surface area contributed by atoms with Crippen molar-refractivity contribution in [2.75, 3.05) is 0 Å². The topological polar surface area (TPSA) is 26.0 Å². The molecule has 1 unspecified atom stereocenters. The van der Waals surface area contributed by atoms with Gasteiger partial charge in [-0.15, -0.1) is 0 Å². The van der Waals surface area contributed by atoms with E-state index in [1.807, 2.05) is 0 Å². The van der Waals surface area contributed by atoms with Crippen molar-refractivity contribution in [1.82, 2.24) is 0 Å². The van der Waals surface area contributed by atoms with Crippen molar-refractivity contribution in [3.05, 3.63) is 0 Å². The largest absolute Gasteiger partial charge is 0.327 e. The first-order valence-electron chi connectivity index (χ1n) is 6.94. The summed E-state index contributed by atoms with van der Waals surface area (Å²) in [7, 11) is 0. The van der Waals surface area contributed by atoms with E-state index in [0.717, 1.165) is 0 Å². The Bertz CT molecular complexity index is 161. The standard InChI is InChI=1S/C14H29N/c1-3-4-5-6-7-8-9-10-13(15)14(2)11-12-14/h13H,3-12,15H2,1-2H3. The molecule has 1 aliphatic carbocycles. The molecule has 0 aromatic rings. The lowest BCUT2D eigenvalue weighted by atomic mass is 9.94. The quantitative estimate of drug-likeness (QED) is 0.567. The predicted molar refractivity (Wildman–Crippen MR) is 67.9 cm³/mol. The van der Waals surface area contributed by atoms with E-state index < -0.39 is 0 Å². The van der Waals surface area contributed by atoms with Gasteiger partial charge in [0.25, 0.3) is 0 Å². The molecule has 1 saturated carbocycles. The molecular formula is C14H29N. The van der Waals surface area contributed by atoms with E-state index in [4.69, 9.17) is 5.73 Å². The van der Waals surface area contributed by atoms with Gasteiger partial charge in [0, 0.05) is 6.04 Å². The van der Waals surface area contributed by atoms with Gasteiger partial charge in [-0.05, 0) is 24.7 Å². The van der Waals surface area contributed by atoms with Crippen molar-refractivity contribution in [3.63, 3.8) is 0 Å². The number of rotatable bonds is 9. The summed E-state index contributed by atoms with van der Waals surface area (Å²) in [5.41, 5.74) is 6.71. The smallest absolute Gasteiger partial charge is 0.00929 e. The molecule has 0 aromatic carbocycles. The van der Waals surface area contributed by atoms with Gasteiger partial charge in [-0.2, -0.15) is 0 Å². The molecule has 0 amide bonds. The molecule has 1 fully saturated rings. The Balaban J connectivity index is 1.84. The summed E-state index contributed by atoms with van der Waals surface area (Å²) in [6.45, 7) is 4.62. The van der Waals surface area contributed by atoms with Crippen LogP contribution in [0.4, 0.5) is 0 Å². The highest BCUT2D eigenvalue weighted by Crippen LogP contribution is 2.48. The molecule has 1 rings (SSSR count). The fourth-order valence-corrected chi connectivity index (χ4v) is 2.24. The van der Waals surface area contributed by atoms with Crippen LogP contribution in [0.5, 0.6) is 0 Å². The third-order valence-corrected chi connectivity index (χ3v) is 4.05. The van der Waals surface area contributed by atoms with Crippen molar-refractivity contribution in [3.8, 4) is 0 Å². The van der Waals surface area contributed by atoms with Gasteiger partial charge in [0.1, 0.15) is 0 Å². The number of hydrogen-bond donors (Lipinski definition) is 1. The second kappa shape index (κ2) is 6.52. The third-order valence-electron chi connectivity index (χ3n) is 4.05. The first-order chi connectivity index (χ1) is 7.19. The van der Waals surface area contributed by atoms with Crippen LogP contribution < -0.4 is 5.73 Å². The Morgan fingerprint density at radius 2 is 1.53 bits per heavy atom. The molecule has 0 saturated heterocycles. The average molecular weight is 211 g/mol. The highest BCUT2D eigenvalue weighted by atomic mass is 14.7. The van der Waals surface area contributed by atoms with Crippen LogP contribution in [0.1, 0.15) is 78.1 Å². The van der Waals surface area contributed by atoms with Gasteiger partial charge < -0.3 is 5.73 Å². The van der Waals surface area contributed by atoms with E-state index >= 15 is 0 Å². The van der Waals surface area contributed by atoms with Crippen LogP contribution in [-0.2, 0) is 0 Å². The van der Waals surface area contributed by atoms with Gasteiger partial charge in [-0.3, -0.25) is 0 Å². The van der Waals surface area contributed by atoms with Gasteiger partial charge in [-0.1, -0.05) is 58.8 Å². The minimum Gasteiger partial charge on any atom is -0.327 e. The van der Waals surface area contributed by atoms with E-state index in [2.05, 4.69) is 13.8 Å². The Morgan fingerprint density at radius 3 is 2.07 bits per heavy atom. The predicted octanol–water partition coefficient (Wildman–Crippen LogP) is 4.25. The molecule has 90 valence electrons. The second-order valence-electron chi connectivity index (χ2n) is 5.67. The lowest BCUT2D eigenvalue weighted by Gasteiger charge is -2.18. The van der Waals surface area contributed by atoms with Gasteiger partial charge in [0.2, 0.25) is 0 Å². The van der Waals surface area contributed by atoms with Crippen molar-refractivity contribution in [1.29, 1.82) is 0 Å².